The number of piperazine rings is 1. The molecule has 1 unspecified atom stereocenters. The maximum atomic E-state index is 4.46. The molecule has 2 heterocycles. The molecule has 1 aromatic heterocycles. The van der Waals surface area contributed by atoms with E-state index in [2.05, 4.69) is 47.6 Å². The van der Waals surface area contributed by atoms with Crippen molar-refractivity contribution < 1.29 is 0 Å². The molecular formula is C16H30N4. The summed E-state index contributed by atoms with van der Waals surface area (Å²) >= 11 is 0. The number of hydrogen-bond acceptors (Lipinski definition) is 3. The van der Waals surface area contributed by atoms with Gasteiger partial charge in [0.1, 0.15) is 5.82 Å². The monoisotopic (exact) mass is 278 g/mol. The van der Waals surface area contributed by atoms with Crippen molar-refractivity contribution >= 4 is 0 Å². The van der Waals surface area contributed by atoms with Crippen molar-refractivity contribution in [1.29, 1.82) is 0 Å². The quantitative estimate of drug-likeness (QED) is 0.866. The van der Waals surface area contributed by atoms with Crippen LogP contribution < -0.4 is 5.32 Å². The third-order valence-electron chi connectivity index (χ3n) is 5.17. The Morgan fingerprint density at radius 1 is 1.35 bits per heavy atom. The van der Waals surface area contributed by atoms with Crippen LogP contribution in [0.2, 0.25) is 0 Å². The molecule has 0 aromatic carbocycles. The first-order valence-electron chi connectivity index (χ1n) is 8.09. The number of hydrogen-bond donors (Lipinski definition) is 1. The smallest absolute Gasteiger partial charge is 0.109 e. The maximum Gasteiger partial charge on any atom is 0.109 e. The molecule has 1 atom stereocenters. The normalized spacial score (nSPS) is 23.1. The average Bonchev–Trinajstić information content (AvgIpc) is 2.90. The summed E-state index contributed by atoms with van der Waals surface area (Å²) in [5.41, 5.74) is 0.330. The summed E-state index contributed by atoms with van der Waals surface area (Å²) in [4.78, 5) is 7.17. The van der Waals surface area contributed by atoms with E-state index >= 15 is 0 Å². The van der Waals surface area contributed by atoms with Gasteiger partial charge in [0.25, 0.3) is 0 Å². The number of aromatic nitrogens is 2. The highest BCUT2D eigenvalue weighted by molar-refractivity contribution is 4.99. The molecule has 0 bridgehead atoms. The van der Waals surface area contributed by atoms with E-state index in [0.717, 1.165) is 19.5 Å². The van der Waals surface area contributed by atoms with Crippen LogP contribution in [0.3, 0.4) is 0 Å². The van der Waals surface area contributed by atoms with E-state index in [1.165, 1.54) is 31.6 Å². The van der Waals surface area contributed by atoms with Crippen LogP contribution in [-0.2, 0) is 13.5 Å². The molecule has 20 heavy (non-hydrogen) atoms. The van der Waals surface area contributed by atoms with Gasteiger partial charge in [0.15, 0.2) is 0 Å². The molecule has 1 N–H and O–H groups in total. The summed E-state index contributed by atoms with van der Waals surface area (Å²) in [6, 6.07) is 0.641. The van der Waals surface area contributed by atoms with E-state index in [1.54, 1.807) is 0 Å². The number of imidazole rings is 1. The van der Waals surface area contributed by atoms with E-state index in [-0.39, 0.29) is 0 Å². The van der Waals surface area contributed by atoms with Crippen LogP contribution in [-0.4, -0.2) is 45.7 Å². The highest BCUT2D eigenvalue weighted by atomic mass is 15.3. The Kier molecular flexibility index (Phi) is 5.22. The molecule has 1 aliphatic rings. The lowest BCUT2D eigenvalue weighted by Crippen LogP contribution is -2.64. The molecular weight excluding hydrogens is 248 g/mol. The van der Waals surface area contributed by atoms with Gasteiger partial charge in [-0.3, -0.25) is 4.90 Å². The number of rotatable bonds is 6. The Morgan fingerprint density at radius 3 is 2.65 bits per heavy atom. The molecule has 4 heteroatoms. The van der Waals surface area contributed by atoms with E-state index in [4.69, 9.17) is 0 Å². The second-order valence-corrected chi connectivity index (χ2v) is 6.07. The summed E-state index contributed by atoms with van der Waals surface area (Å²) in [5.74, 6) is 1.19. The Labute approximate surface area is 123 Å². The topological polar surface area (TPSA) is 33.1 Å². The summed E-state index contributed by atoms with van der Waals surface area (Å²) in [6.45, 7) is 10.3. The van der Waals surface area contributed by atoms with Crippen LogP contribution in [0.15, 0.2) is 12.4 Å². The van der Waals surface area contributed by atoms with Gasteiger partial charge in [-0.1, -0.05) is 20.8 Å². The van der Waals surface area contributed by atoms with E-state index in [0.29, 0.717) is 11.6 Å². The molecule has 4 nitrogen and oxygen atoms in total. The molecule has 0 aliphatic carbocycles. The van der Waals surface area contributed by atoms with Gasteiger partial charge >= 0.3 is 0 Å². The van der Waals surface area contributed by atoms with Gasteiger partial charge in [-0.05, 0) is 19.3 Å². The van der Waals surface area contributed by atoms with E-state index in [9.17, 15) is 0 Å². The van der Waals surface area contributed by atoms with Crippen LogP contribution in [0, 0.1) is 0 Å². The molecule has 114 valence electrons. The van der Waals surface area contributed by atoms with Crippen LogP contribution in [0.25, 0.3) is 0 Å². The first-order chi connectivity index (χ1) is 9.65. The van der Waals surface area contributed by atoms with Crippen molar-refractivity contribution in [2.45, 2.75) is 58.0 Å². The van der Waals surface area contributed by atoms with Crippen molar-refractivity contribution in [2.75, 3.05) is 19.6 Å². The Morgan fingerprint density at radius 2 is 2.10 bits per heavy atom. The SMILES string of the molecule is CCC1CN(CCc2nccn2C)C(CC)(CC)CN1. The summed E-state index contributed by atoms with van der Waals surface area (Å²) in [5, 5.41) is 3.73. The van der Waals surface area contributed by atoms with E-state index < -0.39 is 0 Å². The molecule has 0 radical (unpaired) electrons. The zero-order chi connectivity index (χ0) is 14.6. The van der Waals surface area contributed by atoms with Crippen molar-refractivity contribution in [3.63, 3.8) is 0 Å². The maximum absolute atomic E-state index is 4.46. The fourth-order valence-electron chi connectivity index (χ4n) is 3.39. The van der Waals surface area contributed by atoms with Crippen molar-refractivity contribution in [3.8, 4) is 0 Å². The predicted octanol–water partition coefficient (Wildman–Crippen LogP) is 2.21. The van der Waals surface area contributed by atoms with Crippen LogP contribution in [0.5, 0.6) is 0 Å². The summed E-state index contributed by atoms with van der Waals surface area (Å²) in [7, 11) is 2.09. The fourth-order valence-corrected chi connectivity index (χ4v) is 3.39. The van der Waals surface area contributed by atoms with Crippen LogP contribution in [0.1, 0.15) is 45.9 Å². The number of aryl methyl sites for hydroxylation is 1. The molecule has 1 aliphatic heterocycles. The van der Waals surface area contributed by atoms with Crippen molar-refractivity contribution in [2.24, 2.45) is 7.05 Å². The van der Waals surface area contributed by atoms with Crippen LogP contribution in [0.4, 0.5) is 0 Å². The largest absolute Gasteiger partial charge is 0.338 e. The Hall–Kier alpha value is -0.870. The highest BCUT2D eigenvalue weighted by Gasteiger charge is 2.38. The third kappa shape index (κ3) is 3.07. The van der Waals surface area contributed by atoms with Crippen molar-refractivity contribution in [1.82, 2.24) is 19.8 Å². The minimum Gasteiger partial charge on any atom is -0.338 e. The standard InChI is InChI=1S/C16H30N4/c1-5-14-12-20(16(6-2,7-3)13-18-14)10-8-15-17-9-11-19(15)4/h9,11,14,18H,5-8,10,12-13H2,1-4H3. The Balaban J connectivity index is 2.05. The highest BCUT2D eigenvalue weighted by Crippen LogP contribution is 2.27. The van der Waals surface area contributed by atoms with Gasteiger partial charge in [0.05, 0.1) is 0 Å². The number of nitrogens with zero attached hydrogens (tertiary/aromatic N) is 3. The molecule has 0 saturated carbocycles. The molecule has 2 rings (SSSR count). The minimum atomic E-state index is 0.330. The predicted molar refractivity (Wildman–Crippen MR) is 83.9 cm³/mol. The zero-order valence-corrected chi connectivity index (χ0v) is 13.5. The summed E-state index contributed by atoms with van der Waals surface area (Å²) < 4.78 is 2.14. The van der Waals surface area contributed by atoms with Gasteiger partial charge in [0, 0.05) is 57.1 Å². The lowest BCUT2D eigenvalue weighted by atomic mass is 9.86. The first-order valence-corrected chi connectivity index (χ1v) is 8.09. The molecule has 1 aromatic rings. The third-order valence-corrected chi connectivity index (χ3v) is 5.17. The number of nitrogens with one attached hydrogen (secondary N) is 1. The van der Waals surface area contributed by atoms with E-state index in [1.807, 2.05) is 12.4 Å². The second-order valence-electron chi connectivity index (χ2n) is 6.07. The fraction of sp³-hybridized carbons (Fsp3) is 0.812. The first kappa shape index (κ1) is 15.5. The minimum absolute atomic E-state index is 0.330. The average molecular weight is 278 g/mol. The Bertz CT molecular complexity index is 408. The van der Waals surface area contributed by atoms with Gasteiger partial charge in [-0.2, -0.15) is 0 Å². The molecule has 1 saturated heterocycles. The van der Waals surface area contributed by atoms with Gasteiger partial charge in [-0.15, -0.1) is 0 Å². The molecule has 0 spiro atoms. The van der Waals surface area contributed by atoms with Crippen molar-refractivity contribution in [3.05, 3.63) is 18.2 Å². The van der Waals surface area contributed by atoms with Gasteiger partial charge in [-0.25, -0.2) is 4.98 Å². The molecule has 1 fully saturated rings. The second kappa shape index (κ2) is 6.72. The lowest BCUT2D eigenvalue weighted by molar-refractivity contribution is 0.0313. The summed E-state index contributed by atoms with van der Waals surface area (Å²) in [6.07, 6.45) is 8.62. The van der Waals surface area contributed by atoms with Gasteiger partial charge < -0.3 is 9.88 Å². The molecule has 0 amide bonds. The van der Waals surface area contributed by atoms with Gasteiger partial charge in [0.2, 0.25) is 0 Å². The lowest BCUT2D eigenvalue weighted by Gasteiger charge is -2.49. The van der Waals surface area contributed by atoms with Crippen LogP contribution >= 0.6 is 0 Å². The zero-order valence-electron chi connectivity index (χ0n) is 13.5.